The third-order valence-electron chi connectivity index (χ3n) is 4.92. The van der Waals surface area contributed by atoms with Gasteiger partial charge < -0.3 is 14.9 Å². The monoisotopic (exact) mass is 378 g/mol. The smallest absolute Gasteiger partial charge is 0.330 e. The number of esters is 1. The molecule has 0 amide bonds. The van der Waals surface area contributed by atoms with Gasteiger partial charge in [0.05, 0.1) is 18.8 Å². The zero-order chi connectivity index (χ0) is 20.1. The van der Waals surface area contributed by atoms with Crippen LogP contribution >= 0.6 is 0 Å². The Morgan fingerprint density at radius 2 is 1.74 bits per heavy atom. The van der Waals surface area contributed by atoms with Gasteiger partial charge in [-0.2, -0.15) is 0 Å². The molecule has 1 aliphatic rings. The molecule has 0 radical (unpaired) electrons. The third kappa shape index (κ3) is 9.16. The van der Waals surface area contributed by atoms with Crippen LogP contribution in [-0.4, -0.2) is 40.8 Å². The van der Waals surface area contributed by atoms with E-state index in [9.17, 15) is 19.8 Å². The molecule has 1 fully saturated rings. The molecule has 0 saturated heterocycles. The topological polar surface area (TPSA) is 83.8 Å². The molecule has 152 valence electrons. The first-order valence-corrected chi connectivity index (χ1v) is 10.1. The second kappa shape index (κ2) is 13.4. The second-order valence-corrected chi connectivity index (χ2v) is 7.03. The van der Waals surface area contributed by atoms with E-state index in [1.54, 1.807) is 31.2 Å². The predicted octanol–water partition coefficient (Wildman–Crippen LogP) is 3.51. The zero-order valence-electron chi connectivity index (χ0n) is 16.5. The second-order valence-electron chi connectivity index (χ2n) is 7.03. The lowest BCUT2D eigenvalue weighted by molar-refractivity contribution is -0.137. The molecule has 0 bridgehead atoms. The van der Waals surface area contributed by atoms with Crippen LogP contribution in [-0.2, 0) is 14.3 Å². The molecular formula is C22H34O5. The van der Waals surface area contributed by atoms with E-state index in [1.807, 2.05) is 6.08 Å². The van der Waals surface area contributed by atoms with E-state index in [-0.39, 0.29) is 23.6 Å². The number of rotatable bonds is 12. The average molecular weight is 379 g/mol. The lowest BCUT2D eigenvalue weighted by atomic mass is 9.88. The Morgan fingerprint density at radius 1 is 1.00 bits per heavy atom. The summed E-state index contributed by atoms with van der Waals surface area (Å²) in [5.41, 5.74) is 0. The van der Waals surface area contributed by atoms with Crippen molar-refractivity contribution in [2.45, 2.75) is 71.0 Å². The van der Waals surface area contributed by atoms with E-state index in [0.29, 0.717) is 32.3 Å². The SMILES string of the molecule is CCCCCC(=O)CC[C@H]1[C@@H](C=CC=CC=CC(=O)OCC)[C@H](O)C[C@@H]1O. The molecular weight excluding hydrogens is 344 g/mol. The molecule has 5 heteroatoms. The fourth-order valence-electron chi connectivity index (χ4n) is 3.45. The zero-order valence-corrected chi connectivity index (χ0v) is 16.5. The van der Waals surface area contributed by atoms with Crippen LogP contribution in [0.25, 0.3) is 0 Å². The highest BCUT2D eigenvalue weighted by atomic mass is 16.5. The van der Waals surface area contributed by atoms with E-state index >= 15 is 0 Å². The number of aliphatic hydroxyl groups excluding tert-OH is 2. The molecule has 1 saturated carbocycles. The number of allylic oxidation sites excluding steroid dienone is 4. The number of carbonyl (C=O) groups is 2. The van der Waals surface area contributed by atoms with E-state index in [0.717, 1.165) is 19.3 Å². The van der Waals surface area contributed by atoms with Gasteiger partial charge in [0.2, 0.25) is 0 Å². The van der Waals surface area contributed by atoms with Crippen LogP contribution in [0.5, 0.6) is 0 Å². The molecule has 1 aliphatic carbocycles. The first-order chi connectivity index (χ1) is 13.0. The Morgan fingerprint density at radius 3 is 2.44 bits per heavy atom. The van der Waals surface area contributed by atoms with Crippen LogP contribution in [0.3, 0.4) is 0 Å². The molecule has 2 N–H and O–H groups in total. The number of ether oxygens (including phenoxy) is 1. The quantitative estimate of drug-likeness (QED) is 0.235. The number of aliphatic hydroxyl groups is 2. The summed E-state index contributed by atoms with van der Waals surface area (Å²) in [5, 5.41) is 20.4. The Bertz CT molecular complexity index is 535. The Hall–Kier alpha value is -1.72. The maximum Gasteiger partial charge on any atom is 0.330 e. The molecule has 27 heavy (non-hydrogen) atoms. The van der Waals surface area contributed by atoms with Crippen molar-refractivity contribution in [2.75, 3.05) is 6.61 Å². The van der Waals surface area contributed by atoms with Crippen LogP contribution in [0, 0.1) is 11.8 Å². The maximum atomic E-state index is 12.0. The molecule has 5 nitrogen and oxygen atoms in total. The normalized spacial score (nSPS) is 25.8. The summed E-state index contributed by atoms with van der Waals surface area (Å²) >= 11 is 0. The summed E-state index contributed by atoms with van der Waals surface area (Å²) in [7, 11) is 0. The van der Waals surface area contributed by atoms with Crippen molar-refractivity contribution >= 4 is 11.8 Å². The highest BCUT2D eigenvalue weighted by Crippen LogP contribution is 2.36. The van der Waals surface area contributed by atoms with Gasteiger partial charge in [-0.05, 0) is 25.7 Å². The fourth-order valence-corrected chi connectivity index (χ4v) is 3.45. The Kier molecular flexibility index (Phi) is 11.6. The number of Topliss-reactive ketones (excluding diaryl/α,β-unsaturated/α-hetero) is 1. The molecule has 0 unspecified atom stereocenters. The molecule has 0 aromatic heterocycles. The highest BCUT2D eigenvalue weighted by Gasteiger charge is 2.39. The van der Waals surface area contributed by atoms with Gasteiger partial charge >= 0.3 is 5.97 Å². The molecule has 0 aromatic rings. The standard InChI is InChI=1S/C22H34O5/c1-3-5-8-11-17(23)14-15-19-18(20(24)16-21(19)25)12-9-6-7-10-13-22(26)27-4-2/h6-7,9-10,12-13,18-21,24-25H,3-5,8,11,14-16H2,1-2H3/t18-,19+,20-,21+/m1/s1. The van der Waals surface area contributed by atoms with Crippen LogP contribution in [0.15, 0.2) is 36.5 Å². The number of ketones is 1. The summed E-state index contributed by atoms with van der Waals surface area (Å²) in [6.45, 7) is 4.21. The molecule has 0 aliphatic heterocycles. The molecule has 0 heterocycles. The van der Waals surface area contributed by atoms with Crippen molar-refractivity contribution < 1.29 is 24.5 Å². The average Bonchev–Trinajstić information content (AvgIpc) is 2.89. The summed E-state index contributed by atoms with van der Waals surface area (Å²) in [4.78, 5) is 23.2. The Balaban J connectivity index is 2.50. The maximum absolute atomic E-state index is 12.0. The highest BCUT2D eigenvalue weighted by molar-refractivity contribution is 5.82. The van der Waals surface area contributed by atoms with Crippen molar-refractivity contribution in [1.82, 2.24) is 0 Å². The van der Waals surface area contributed by atoms with Gasteiger partial charge in [0.1, 0.15) is 5.78 Å². The molecule has 1 rings (SSSR count). The van der Waals surface area contributed by atoms with Crippen molar-refractivity contribution in [3.63, 3.8) is 0 Å². The number of carbonyl (C=O) groups excluding carboxylic acids is 2. The van der Waals surface area contributed by atoms with Crippen LogP contribution in [0.1, 0.15) is 58.8 Å². The van der Waals surface area contributed by atoms with E-state index in [2.05, 4.69) is 6.92 Å². The third-order valence-corrected chi connectivity index (χ3v) is 4.92. The van der Waals surface area contributed by atoms with Crippen molar-refractivity contribution in [3.8, 4) is 0 Å². The van der Waals surface area contributed by atoms with Crippen LogP contribution < -0.4 is 0 Å². The Labute approximate surface area is 162 Å². The lowest BCUT2D eigenvalue weighted by Crippen LogP contribution is -2.21. The van der Waals surface area contributed by atoms with Gasteiger partial charge in [0.25, 0.3) is 0 Å². The van der Waals surface area contributed by atoms with E-state index in [4.69, 9.17) is 4.74 Å². The van der Waals surface area contributed by atoms with Crippen molar-refractivity contribution in [3.05, 3.63) is 36.5 Å². The number of hydrogen-bond donors (Lipinski definition) is 2. The molecule has 0 spiro atoms. The van der Waals surface area contributed by atoms with Crippen LogP contribution in [0.2, 0.25) is 0 Å². The van der Waals surface area contributed by atoms with Gasteiger partial charge in [0.15, 0.2) is 0 Å². The first-order valence-electron chi connectivity index (χ1n) is 10.1. The van der Waals surface area contributed by atoms with E-state index in [1.165, 1.54) is 6.08 Å². The number of unbranched alkanes of at least 4 members (excludes halogenated alkanes) is 2. The largest absolute Gasteiger partial charge is 0.463 e. The molecule has 0 aromatic carbocycles. The van der Waals surface area contributed by atoms with Gasteiger partial charge in [-0.25, -0.2) is 4.79 Å². The number of hydrogen-bond acceptors (Lipinski definition) is 5. The van der Waals surface area contributed by atoms with Gasteiger partial charge in [0, 0.05) is 31.3 Å². The lowest BCUT2D eigenvalue weighted by Gasteiger charge is -2.20. The van der Waals surface area contributed by atoms with Gasteiger partial charge in [-0.1, -0.05) is 50.1 Å². The summed E-state index contributed by atoms with van der Waals surface area (Å²) < 4.78 is 4.78. The fraction of sp³-hybridized carbons (Fsp3) is 0.636. The first kappa shape index (κ1) is 23.3. The minimum atomic E-state index is -0.597. The molecule has 4 atom stereocenters. The van der Waals surface area contributed by atoms with E-state index < -0.39 is 12.2 Å². The summed E-state index contributed by atoms with van der Waals surface area (Å²) in [6.07, 6.45) is 14.0. The predicted molar refractivity (Wildman–Crippen MR) is 106 cm³/mol. The van der Waals surface area contributed by atoms with Gasteiger partial charge in [-0.15, -0.1) is 0 Å². The minimum absolute atomic E-state index is 0.102. The van der Waals surface area contributed by atoms with Gasteiger partial charge in [-0.3, -0.25) is 4.79 Å². The van der Waals surface area contributed by atoms with Crippen molar-refractivity contribution in [2.24, 2.45) is 11.8 Å². The minimum Gasteiger partial charge on any atom is -0.463 e. The summed E-state index contributed by atoms with van der Waals surface area (Å²) in [5.74, 6) is -0.412. The summed E-state index contributed by atoms with van der Waals surface area (Å²) in [6, 6.07) is 0. The van der Waals surface area contributed by atoms with Crippen LogP contribution in [0.4, 0.5) is 0 Å². The van der Waals surface area contributed by atoms with Crippen molar-refractivity contribution in [1.29, 1.82) is 0 Å².